The van der Waals surface area contributed by atoms with Crippen molar-refractivity contribution in [3.8, 4) is 0 Å². The van der Waals surface area contributed by atoms with Gasteiger partial charge in [0.05, 0.1) is 0 Å². The summed E-state index contributed by atoms with van der Waals surface area (Å²) in [5.74, 6) is -1.81. The number of hydrogen-bond acceptors (Lipinski definition) is 4. The Morgan fingerprint density at radius 1 is 1.07 bits per heavy atom. The first-order valence-corrected chi connectivity index (χ1v) is 8.58. The summed E-state index contributed by atoms with van der Waals surface area (Å²) >= 11 is 0. The maximum Gasteiger partial charge on any atom is 0.319 e. The van der Waals surface area contributed by atoms with E-state index >= 15 is 0 Å². The predicted octanol–water partition coefficient (Wildman–Crippen LogP) is 2.45. The molecular weight excluding hydrogens is 346 g/mol. The van der Waals surface area contributed by atoms with Gasteiger partial charge in [-0.1, -0.05) is 26.0 Å². The van der Waals surface area contributed by atoms with Gasteiger partial charge in [0.2, 0.25) is 5.91 Å². The van der Waals surface area contributed by atoms with Crippen LogP contribution in [0.3, 0.4) is 0 Å². The summed E-state index contributed by atoms with van der Waals surface area (Å²) in [6.07, 6.45) is 3.51. The van der Waals surface area contributed by atoms with Crippen molar-refractivity contribution in [1.29, 1.82) is 0 Å². The van der Waals surface area contributed by atoms with Gasteiger partial charge in [-0.25, -0.2) is 0 Å². The van der Waals surface area contributed by atoms with Crippen molar-refractivity contribution >= 4 is 23.5 Å². The lowest BCUT2D eigenvalue weighted by atomic mass is 9.95. The third-order valence-electron chi connectivity index (χ3n) is 5.10. The highest BCUT2D eigenvalue weighted by Gasteiger charge is 2.71. The molecule has 7 nitrogen and oxygen atoms in total. The second-order valence-corrected chi connectivity index (χ2v) is 7.34. The van der Waals surface area contributed by atoms with E-state index in [9.17, 15) is 19.5 Å². The third kappa shape index (κ3) is 3.53. The highest BCUT2D eigenvalue weighted by Crippen LogP contribution is 2.63. The number of hydrogen-bond donors (Lipinski definition) is 3. The van der Waals surface area contributed by atoms with Crippen molar-refractivity contribution in [3.05, 3.63) is 59.9 Å². The molecule has 1 fully saturated rings. The minimum absolute atomic E-state index is 0.205. The molecule has 0 bridgehead atoms. The predicted molar refractivity (Wildman–Crippen MR) is 98.9 cm³/mol. The number of benzene rings is 1. The molecule has 1 atom stereocenters. The molecule has 27 heavy (non-hydrogen) atoms. The van der Waals surface area contributed by atoms with Crippen molar-refractivity contribution < 1.29 is 19.5 Å². The number of rotatable bonds is 6. The standard InChI is InChI=1S/C20H21N3O4/c1-19(2)12-20(19,18(26)27)17(25)22-11-13-3-5-14(6-4-13)16(24)23-15-7-9-21-10-8-15/h3-10H,11-12H2,1-2H3,(H,22,25)(H,26,27)(H,21,23,24). The van der Waals surface area contributed by atoms with E-state index in [-0.39, 0.29) is 12.5 Å². The summed E-state index contributed by atoms with van der Waals surface area (Å²) in [6.45, 7) is 3.75. The zero-order chi connectivity index (χ0) is 19.7. The van der Waals surface area contributed by atoms with Crippen molar-refractivity contribution in [1.82, 2.24) is 10.3 Å². The average Bonchev–Trinajstić information content (AvgIpc) is 3.25. The molecule has 1 heterocycles. The molecule has 2 aromatic rings. The topological polar surface area (TPSA) is 108 Å². The summed E-state index contributed by atoms with van der Waals surface area (Å²) in [5.41, 5.74) is 0.0160. The van der Waals surface area contributed by atoms with E-state index in [1.54, 1.807) is 62.6 Å². The van der Waals surface area contributed by atoms with Crippen molar-refractivity contribution in [2.24, 2.45) is 10.8 Å². The van der Waals surface area contributed by atoms with Crippen LogP contribution >= 0.6 is 0 Å². The molecule has 2 amide bonds. The smallest absolute Gasteiger partial charge is 0.319 e. The Morgan fingerprint density at radius 2 is 1.67 bits per heavy atom. The van der Waals surface area contributed by atoms with Gasteiger partial charge in [0, 0.05) is 30.2 Å². The Bertz CT molecular complexity index is 878. The quantitative estimate of drug-likeness (QED) is 0.680. The summed E-state index contributed by atoms with van der Waals surface area (Å²) < 4.78 is 0. The first-order chi connectivity index (χ1) is 12.8. The van der Waals surface area contributed by atoms with Crippen LogP contribution in [0.1, 0.15) is 36.2 Å². The van der Waals surface area contributed by atoms with Crippen LogP contribution in [0.5, 0.6) is 0 Å². The Balaban J connectivity index is 1.59. The van der Waals surface area contributed by atoms with Crippen LogP contribution in [0.25, 0.3) is 0 Å². The van der Waals surface area contributed by atoms with Gasteiger partial charge in [0.25, 0.3) is 5.91 Å². The number of carboxylic acid groups (broad SMARTS) is 1. The highest BCUT2D eigenvalue weighted by molar-refractivity contribution is 6.06. The number of anilines is 1. The fourth-order valence-corrected chi connectivity index (χ4v) is 3.21. The number of carboxylic acids is 1. The molecule has 0 aliphatic heterocycles. The Hall–Kier alpha value is -3.22. The van der Waals surface area contributed by atoms with Gasteiger partial charge in [-0.05, 0) is 41.7 Å². The van der Waals surface area contributed by atoms with Crippen molar-refractivity contribution in [3.63, 3.8) is 0 Å². The molecule has 0 radical (unpaired) electrons. The molecule has 1 aliphatic rings. The van der Waals surface area contributed by atoms with Crippen molar-refractivity contribution in [2.45, 2.75) is 26.8 Å². The van der Waals surface area contributed by atoms with Crippen LogP contribution < -0.4 is 10.6 Å². The number of amides is 2. The van der Waals surface area contributed by atoms with Crippen LogP contribution in [0, 0.1) is 10.8 Å². The van der Waals surface area contributed by atoms with Crippen LogP contribution in [-0.4, -0.2) is 27.9 Å². The van der Waals surface area contributed by atoms with Gasteiger partial charge in [0.15, 0.2) is 5.41 Å². The van der Waals surface area contributed by atoms with E-state index in [1.165, 1.54) is 0 Å². The molecule has 1 unspecified atom stereocenters. The molecule has 7 heteroatoms. The van der Waals surface area contributed by atoms with E-state index in [0.717, 1.165) is 5.56 Å². The average molecular weight is 367 g/mol. The van der Waals surface area contributed by atoms with Crippen molar-refractivity contribution in [2.75, 3.05) is 5.32 Å². The zero-order valence-corrected chi connectivity index (χ0v) is 15.2. The first kappa shape index (κ1) is 18.6. The van der Waals surface area contributed by atoms with E-state index < -0.39 is 22.7 Å². The van der Waals surface area contributed by atoms with E-state index in [4.69, 9.17) is 0 Å². The lowest BCUT2D eigenvalue weighted by molar-refractivity contribution is -0.150. The second kappa shape index (κ2) is 6.83. The number of nitrogens with one attached hydrogen (secondary N) is 2. The highest BCUT2D eigenvalue weighted by atomic mass is 16.4. The first-order valence-electron chi connectivity index (χ1n) is 8.58. The monoisotopic (exact) mass is 367 g/mol. The minimum Gasteiger partial charge on any atom is -0.480 e. The number of pyridine rings is 1. The molecule has 1 aromatic heterocycles. The van der Waals surface area contributed by atoms with Crippen LogP contribution in [-0.2, 0) is 16.1 Å². The summed E-state index contributed by atoms with van der Waals surface area (Å²) in [7, 11) is 0. The molecule has 1 aromatic carbocycles. The fraction of sp³-hybridized carbons (Fsp3) is 0.300. The Kier molecular flexibility index (Phi) is 4.70. The van der Waals surface area contributed by atoms with Gasteiger partial charge >= 0.3 is 5.97 Å². The van der Waals surface area contributed by atoms with Gasteiger partial charge in [-0.2, -0.15) is 0 Å². The molecule has 3 N–H and O–H groups in total. The van der Waals surface area contributed by atoms with Gasteiger partial charge < -0.3 is 15.7 Å². The van der Waals surface area contributed by atoms with Gasteiger partial charge in [-0.3, -0.25) is 19.4 Å². The number of aromatic nitrogens is 1. The molecule has 1 aliphatic carbocycles. The lowest BCUT2D eigenvalue weighted by Crippen LogP contribution is -2.39. The van der Waals surface area contributed by atoms with Gasteiger partial charge in [-0.15, -0.1) is 0 Å². The molecule has 0 saturated heterocycles. The SMILES string of the molecule is CC1(C)CC1(C(=O)O)C(=O)NCc1ccc(C(=O)Nc2ccncc2)cc1. The summed E-state index contributed by atoms with van der Waals surface area (Å²) in [5, 5.41) is 14.9. The second-order valence-electron chi connectivity index (χ2n) is 7.34. The normalized spacial score (nSPS) is 19.8. The summed E-state index contributed by atoms with van der Waals surface area (Å²) in [4.78, 5) is 40.0. The fourth-order valence-electron chi connectivity index (χ4n) is 3.21. The minimum atomic E-state index is -1.35. The number of carbonyl (C=O) groups is 3. The largest absolute Gasteiger partial charge is 0.480 e. The molecule has 3 rings (SSSR count). The maximum absolute atomic E-state index is 12.4. The zero-order valence-electron chi connectivity index (χ0n) is 15.2. The Morgan fingerprint density at radius 3 is 2.19 bits per heavy atom. The maximum atomic E-state index is 12.4. The Labute approximate surface area is 156 Å². The van der Waals surface area contributed by atoms with Gasteiger partial charge in [0.1, 0.15) is 0 Å². The molecular formula is C20H21N3O4. The van der Waals surface area contributed by atoms with Crippen LogP contribution in [0.2, 0.25) is 0 Å². The molecule has 1 saturated carbocycles. The van der Waals surface area contributed by atoms with Crippen LogP contribution in [0.15, 0.2) is 48.8 Å². The third-order valence-corrected chi connectivity index (χ3v) is 5.10. The number of nitrogens with zero attached hydrogens (tertiary/aromatic N) is 1. The lowest BCUT2D eigenvalue weighted by Gasteiger charge is -2.15. The number of aliphatic carboxylic acids is 1. The van der Waals surface area contributed by atoms with E-state index in [2.05, 4.69) is 15.6 Å². The number of carbonyl (C=O) groups excluding carboxylic acids is 2. The van der Waals surface area contributed by atoms with E-state index in [1.807, 2.05) is 0 Å². The van der Waals surface area contributed by atoms with Crippen LogP contribution in [0.4, 0.5) is 5.69 Å². The van der Waals surface area contributed by atoms with E-state index in [0.29, 0.717) is 17.7 Å². The summed E-state index contributed by atoms with van der Waals surface area (Å²) in [6, 6.07) is 10.2. The molecule has 0 spiro atoms. The molecule has 140 valence electrons.